The van der Waals surface area contributed by atoms with Gasteiger partial charge in [0.25, 0.3) is 0 Å². The van der Waals surface area contributed by atoms with Gasteiger partial charge in [-0.15, -0.1) is 0 Å². The Morgan fingerprint density at radius 1 is 1.25 bits per heavy atom. The minimum Gasteiger partial charge on any atom is -0.374 e. The molecule has 0 atom stereocenters. The van der Waals surface area contributed by atoms with Crippen molar-refractivity contribution in [1.29, 1.82) is 0 Å². The van der Waals surface area contributed by atoms with E-state index in [0.717, 1.165) is 22.5 Å². The zero-order valence-corrected chi connectivity index (χ0v) is 11.9. The Balaban J connectivity index is 1.95. The second kappa shape index (κ2) is 5.17. The lowest BCUT2D eigenvalue weighted by Crippen LogP contribution is -2.39. The number of amides is 1. The van der Waals surface area contributed by atoms with Crippen LogP contribution in [0.1, 0.15) is 11.1 Å². The highest BCUT2D eigenvalue weighted by atomic mass is 35.5. The summed E-state index contributed by atoms with van der Waals surface area (Å²) >= 11 is 6.27. The van der Waals surface area contributed by atoms with Crippen molar-refractivity contribution in [1.82, 2.24) is 0 Å². The predicted octanol–water partition coefficient (Wildman–Crippen LogP) is 3.61. The molecule has 2 aromatic rings. The molecule has 0 saturated carbocycles. The van der Waals surface area contributed by atoms with Crippen LogP contribution in [-0.2, 0) is 11.3 Å². The Kier molecular flexibility index (Phi) is 3.36. The third-order valence-electron chi connectivity index (χ3n) is 3.46. The Morgan fingerprint density at radius 3 is 2.85 bits per heavy atom. The number of rotatable bonds is 2. The fraction of sp³-hybridized carbons (Fsp3) is 0.188. The van der Waals surface area contributed by atoms with Gasteiger partial charge in [-0.05, 0) is 36.2 Å². The van der Waals surface area contributed by atoms with Crippen molar-refractivity contribution < 1.29 is 4.79 Å². The minimum atomic E-state index is 0.0559. The van der Waals surface area contributed by atoms with E-state index in [4.69, 9.17) is 11.6 Å². The Labute approximate surface area is 123 Å². The van der Waals surface area contributed by atoms with E-state index in [-0.39, 0.29) is 5.91 Å². The second-order valence-corrected chi connectivity index (χ2v) is 5.35. The first kappa shape index (κ1) is 13.0. The number of halogens is 1. The number of nitrogens with zero attached hydrogens (tertiary/aromatic N) is 1. The van der Waals surface area contributed by atoms with Gasteiger partial charge >= 0.3 is 0 Å². The largest absolute Gasteiger partial charge is 0.374 e. The van der Waals surface area contributed by atoms with Crippen molar-refractivity contribution >= 4 is 28.9 Å². The molecule has 0 aliphatic carbocycles. The van der Waals surface area contributed by atoms with Gasteiger partial charge in [-0.25, -0.2) is 0 Å². The maximum Gasteiger partial charge on any atom is 0.246 e. The zero-order chi connectivity index (χ0) is 14.1. The number of aryl methyl sites for hydroxylation is 1. The van der Waals surface area contributed by atoms with Crippen molar-refractivity contribution in [3.05, 3.63) is 58.6 Å². The first-order valence-corrected chi connectivity index (χ1v) is 6.91. The molecule has 102 valence electrons. The van der Waals surface area contributed by atoms with Gasteiger partial charge in [-0.2, -0.15) is 0 Å². The first-order valence-electron chi connectivity index (χ1n) is 6.53. The molecule has 0 aromatic heterocycles. The number of fused-ring (bicyclic) bond motifs is 1. The molecule has 1 aliphatic rings. The van der Waals surface area contributed by atoms with E-state index in [0.29, 0.717) is 18.1 Å². The Hall–Kier alpha value is -2.00. The van der Waals surface area contributed by atoms with E-state index in [1.807, 2.05) is 49.4 Å². The van der Waals surface area contributed by atoms with Crippen LogP contribution < -0.4 is 10.2 Å². The molecule has 0 bridgehead atoms. The lowest BCUT2D eigenvalue weighted by atomic mass is 10.1. The van der Waals surface area contributed by atoms with Crippen LogP contribution in [0.3, 0.4) is 0 Å². The maximum atomic E-state index is 12.2. The molecule has 3 nitrogen and oxygen atoms in total. The van der Waals surface area contributed by atoms with Crippen molar-refractivity contribution in [2.24, 2.45) is 0 Å². The van der Waals surface area contributed by atoms with E-state index >= 15 is 0 Å². The van der Waals surface area contributed by atoms with Crippen molar-refractivity contribution in [3.8, 4) is 0 Å². The third kappa shape index (κ3) is 2.37. The molecule has 20 heavy (non-hydrogen) atoms. The highest BCUT2D eigenvalue weighted by molar-refractivity contribution is 6.31. The Bertz CT molecular complexity index is 669. The van der Waals surface area contributed by atoms with Gasteiger partial charge in [0.2, 0.25) is 5.91 Å². The van der Waals surface area contributed by atoms with Crippen LogP contribution in [-0.4, -0.2) is 12.5 Å². The highest BCUT2D eigenvalue weighted by Crippen LogP contribution is 2.31. The molecule has 2 aromatic carbocycles. The average molecular weight is 287 g/mol. The molecular formula is C16H15ClN2O. The zero-order valence-electron chi connectivity index (χ0n) is 11.2. The predicted molar refractivity (Wildman–Crippen MR) is 82.3 cm³/mol. The molecule has 0 unspecified atom stereocenters. The summed E-state index contributed by atoms with van der Waals surface area (Å²) in [6.07, 6.45) is 0. The lowest BCUT2D eigenvalue weighted by molar-refractivity contribution is -0.117. The van der Waals surface area contributed by atoms with Crippen LogP contribution in [0.4, 0.5) is 11.4 Å². The molecule has 1 aliphatic heterocycles. The molecule has 0 spiro atoms. The summed E-state index contributed by atoms with van der Waals surface area (Å²) < 4.78 is 0. The van der Waals surface area contributed by atoms with Crippen LogP contribution in [0.2, 0.25) is 5.02 Å². The molecule has 3 rings (SSSR count). The van der Waals surface area contributed by atoms with Gasteiger partial charge in [0.15, 0.2) is 0 Å². The quantitative estimate of drug-likeness (QED) is 0.915. The molecule has 1 amide bonds. The minimum absolute atomic E-state index is 0.0559. The Morgan fingerprint density at radius 2 is 2.05 bits per heavy atom. The van der Waals surface area contributed by atoms with Crippen molar-refractivity contribution in [2.75, 3.05) is 16.8 Å². The molecule has 0 saturated heterocycles. The normalized spacial score (nSPS) is 13.9. The monoisotopic (exact) mass is 286 g/mol. The third-order valence-corrected chi connectivity index (χ3v) is 3.81. The van der Waals surface area contributed by atoms with E-state index in [9.17, 15) is 4.79 Å². The first-order chi connectivity index (χ1) is 9.65. The molecule has 0 fully saturated rings. The van der Waals surface area contributed by atoms with Gasteiger partial charge in [-0.3, -0.25) is 4.79 Å². The van der Waals surface area contributed by atoms with E-state index in [1.54, 1.807) is 4.90 Å². The summed E-state index contributed by atoms with van der Waals surface area (Å²) in [6.45, 7) is 2.82. The smallest absolute Gasteiger partial charge is 0.246 e. The van der Waals surface area contributed by atoms with Crippen molar-refractivity contribution in [2.45, 2.75) is 13.5 Å². The number of nitrogens with one attached hydrogen (secondary N) is 1. The molecule has 1 heterocycles. The van der Waals surface area contributed by atoms with Crippen LogP contribution >= 0.6 is 11.6 Å². The fourth-order valence-corrected chi connectivity index (χ4v) is 2.68. The van der Waals surface area contributed by atoms with Gasteiger partial charge in [-0.1, -0.05) is 35.9 Å². The van der Waals surface area contributed by atoms with Gasteiger partial charge < -0.3 is 10.2 Å². The summed E-state index contributed by atoms with van der Waals surface area (Å²) in [5.41, 5.74) is 3.96. The van der Waals surface area contributed by atoms with Crippen LogP contribution in [0, 0.1) is 6.92 Å². The standard InChI is InChI=1S/C16H15ClN2O/c1-11-6-7-12(13(17)8-11)10-19-15-5-3-2-4-14(15)18-9-16(19)20/h2-8,18H,9-10H2,1H3. The number of hydrogen-bond donors (Lipinski definition) is 1. The summed E-state index contributed by atoms with van der Waals surface area (Å²) in [5.74, 6) is 0.0559. The SMILES string of the molecule is Cc1ccc(CN2C(=O)CNc3ccccc32)c(Cl)c1. The number of benzene rings is 2. The molecule has 4 heteroatoms. The maximum absolute atomic E-state index is 12.2. The highest BCUT2D eigenvalue weighted by Gasteiger charge is 2.23. The average Bonchev–Trinajstić information content (AvgIpc) is 2.44. The van der Waals surface area contributed by atoms with E-state index in [1.165, 1.54) is 0 Å². The van der Waals surface area contributed by atoms with Crippen LogP contribution in [0.5, 0.6) is 0 Å². The van der Waals surface area contributed by atoms with Crippen LogP contribution in [0.15, 0.2) is 42.5 Å². The number of carbonyl (C=O) groups excluding carboxylic acids is 1. The fourth-order valence-electron chi connectivity index (χ4n) is 2.38. The number of para-hydroxylation sites is 2. The number of carbonyl (C=O) groups is 1. The second-order valence-electron chi connectivity index (χ2n) is 4.95. The number of anilines is 2. The number of hydrogen-bond acceptors (Lipinski definition) is 2. The topological polar surface area (TPSA) is 32.3 Å². The summed E-state index contributed by atoms with van der Waals surface area (Å²) in [5, 5.41) is 3.83. The summed E-state index contributed by atoms with van der Waals surface area (Å²) in [6, 6.07) is 13.7. The summed E-state index contributed by atoms with van der Waals surface area (Å²) in [4.78, 5) is 13.9. The van der Waals surface area contributed by atoms with E-state index < -0.39 is 0 Å². The van der Waals surface area contributed by atoms with Gasteiger partial charge in [0.05, 0.1) is 24.5 Å². The molecule has 1 N–H and O–H groups in total. The molecule has 0 radical (unpaired) electrons. The lowest BCUT2D eigenvalue weighted by Gasteiger charge is -2.30. The summed E-state index contributed by atoms with van der Waals surface area (Å²) in [7, 11) is 0. The molecular weight excluding hydrogens is 272 g/mol. The van der Waals surface area contributed by atoms with Gasteiger partial charge in [0, 0.05) is 5.02 Å². The van der Waals surface area contributed by atoms with Crippen LogP contribution in [0.25, 0.3) is 0 Å². The van der Waals surface area contributed by atoms with Crippen molar-refractivity contribution in [3.63, 3.8) is 0 Å². The van der Waals surface area contributed by atoms with E-state index in [2.05, 4.69) is 5.32 Å². The van der Waals surface area contributed by atoms with Gasteiger partial charge in [0.1, 0.15) is 0 Å².